The fraction of sp³-hybridized carbons (Fsp3) is 0.333. The maximum absolute atomic E-state index is 12.2. The van der Waals surface area contributed by atoms with Gasteiger partial charge in [0.15, 0.2) is 0 Å². The highest BCUT2D eigenvalue weighted by Crippen LogP contribution is 2.16. The second kappa shape index (κ2) is 9.19. The Morgan fingerprint density at radius 3 is 2.19 bits per heavy atom. The van der Waals surface area contributed by atoms with Crippen LogP contribution in [0.4, 0.5) is 11.4 Å². The Labute approximate surface area is 161 Å². The van der Waals surface area contributed by atoms with Gasteiger partial charge in [-0.25, -0.2) is 0 Å². The predicted octanol–water partition coefficient (Wildman–Crippen LogP) is 1.00. The summed E-state index contributed by atoms with van der Waals surface area (Å²) < 4.78 is 0. The summed E-state index contributed by atoms with van der Waals surface area (Å²) in [7, 11) is 8.06. The largest absolute Gasteiger partial charge is 0.378 e. The number of amides is 2. The molecular formula is C21H29N4O2+. The fourth-order valence-corrected chi connectivity index (χ4v) is 2.83. The molecule has 6 nitrogen and oxygen atoms in total. The molecule has 27 heavy (non-hydrogen) atoms. The highest BCUT2D eigenvalue weighted by molar-refractivity contribution is 6.39. The second-order valence-corrected chi connectivity index (χ2v) is 7.09. The number of para-hydroxylation sites is 1. The first-order chi connectivity index (χ1) is 12.8. The van der Waals surface area contributed by atoms with Gasteiger partial charge in [0, 0.05) is 31.0 Å². The average molecular weight is 369 g/mol. The van der Waals surface area contributed by atoms with Gasteiger partial charge in [0.2, 0.25) is 0 Å². The minimum atomic E-state index is -0.653. The molecule has 3 N–H and O–H groups in total. The van der Waals surface area contributed by atoms with E-state index in [1.165, 1.54) is 4.90 Å². The molecule has 0 unspecified atom stereocenters. The van der Waals surface area contributed by atoms with Crippen molar-refractivity contribution < 1.29 is 14.5 Å². The molecular weight excluding hydrogens is 340 g/mol. The zero-order valence-corrected chi connectivity index (χ0v) is 16.7. The number of quaternary nitrogens is 1. The lowest BCUT2D eigenvalue weighted by Crippen LogP contribution is -3.07. The maximum Gasteiger partial charge on any atom is 0.313 e. The summed E-state index contributed by atoms with van der Waals surface area (Å²) in [5, 5.41) is 5.42. The smallest absolute Gasteiger partial charge is 0.313 e. The highest BCUT2D eigenvalue weighted by atomic mass is 16.2. The molecule has 0 aromatic heterocycles. The molecule has 0 spiro atoms. The number of anilines is 2. The van der Waals surface area contributed by atoms with Gasteiger partial charge in [0.05, 0.1) is 20.6 Å². The molecule has 0 aliphatic heterocycles. The summed E-state index contributed by atoms with van der Waals surface area (Å²) in [4.78, 5) is 27.6. The Morgan fingerprint density at radius 2 is 1.63 bits per heavy atom. The quantitative estimate of drug-likeness (QED) is 0.666. The minimum Gasteiger partial charge on any atom is -0.378 e. The Balaban J connectivity index is 1.99. The molecule has 2 rings (SSSR count). The summed E-state index contributed by atoms with van der Waals surface area (Å²) >= 11 is 0. The first-order valence-corrected chi connectivity index (χ1v) is 9.01. The molecule has 2 aromatic rings. The van der Waals surface area contributed by atoms with Crippen LogP contribution in [0.1, 0.15) is 17.2 Å². The third kappa shape index (κ3) is 5.56. The summed E-state index contributed by atoms with van der Waals surface area (Å²) in [6.45, 7) is 2.26. The van der Waals surface area contributed by atoms with Crippen molar-refractivity contribution >= 4 is 23.2 Å². The number of hydrogen-bond acceptors (Lipinski definition) is 3. The van der Waals surface area contributed by atoms with Crippen molar-refractivity contribution in [3.8, 4) is 0 Å². The monoisotopic (exact) mass is 369 g/mol. The molecule has 144 valence electrons. The third-order valence-corrected chi connectivity index (χ3v) is 4.58. The van der Waals surface area contributed by atoms with Crippen molar-refractivity contribution in [1.82, 2.24) is 5.32 Å². The van der Waals surface area contributed by atoms with Crippen LogP contribution in [-0.4, -0.2) is 46.5 Å². The number of benzene rings is 2. The molecule has 0 aliphatic carbocycles. The molecule has 0 saturated heterocycles. The third-order valence-electron chi connectivity index (χ3n) is 4.58. The van der Waals surface area contributed by atoms with Crippen LogP contribution in [-0.2, 0) is 9.59 Å². The molecule has 0 heterocycles. The standard InChI is InChI=1S/C21H28N4O2/c1-15-8-6-7-9-18(15)23-21(27)20(26)22-14-19(25(4)5)16-10-12-17(13-11-16)24(2)3/h6-13,19H,14H2,1-5H3,(H,22,26)(H,23,27)/p+1/t19-/m0/s1. The number of carbonyl (C=O) groups is 2. The SMILES string of the molecule is Cc1ccccc1NC(=O)C(=O)NC[C@@H](c1ccc(N(C)C)cc1)[NH+](C)C. The van der Waals surface area contributed by atoms with Crippen LogP contribution in [0.5, 0.6) is 0 Å². The van der Waals surface area contributed by atoms with Gasteiger partial charge in [0.25, 0.3) is 0 Å². The Bertz CT molecular complexity index is 785. The van der Waals surface area contributed by atoms with E-state index < -0.39 is 11.8 Å². The lowest BCUT2D eigenvalue weighted by Gasteiger charge is -2.23. The van der Waals surface area contributed by atoms with Gasteiger partial charge in [0.1, 0.15) is 6.04 Å². The van der Waals surface area contributed by atoms with Gasteiger partial charge in [-0.1, -0.05) is 30.3 Å². The number of likely N-dealkylation sites (N-methyl/N-ethyl adjacent to an activating group) is 1. The maximum atomic E-state index is 12.2. The first-order valence-electron chi connectivity index (χ1n) is 9.01. The summed E-state index contributed by atoms with van der Waals surface area (Å²) in [5.41, 5.74) is 3.79. The van der Waals surface area contributed by atoms with Crippen molar-refractivity contribution in [1.29, 1.82) is 0 Å². The molecule has 2 amide bonds. The van der Waals surface area contributed by atoms with E-state index in [0.717, 1.165) is 16.8 Å². The number of aryl methyl sites for hydroxylation is 1. The van der Waals surface area contributed by atoms with Gasteiger partial charge in [-0.3, -0.25) is 9.59 Å². The van der Waals surface area contributed by atoms with E-state index in [0.29, 0.717) is 12.2 Å². The Morgan fingerprint density at radius 1 is 1.00 bits per heavy atom. The van der Waals surface area contributed by atoms with E-state index in [9.17, 15) is 9.59 Å². The van der Waals surface area contributed by atoms with Crippen LogP contribution in [0.25, 0.3) is 0 Å². The van der Waals surface area contributed by atoms with Crippen molar-refractivity contribution in [2.75, 3.05) is 45.0 Å². The van der Waals surface area contributed by atoms with Gasteiger partial charge >= 0.3 is 11.8 Å². The van der Waals surface area contributed by atoms with Crippen LogP contribution < -0.4 is 20.4 Å². The second-order valence-electron chi connectivity index (χ2n) is 7.09. The zero-order valence-electron chi connectivity index (χ0n) is 16.7. The topological polar surface area (TPSA) is 65.9 Å². The Hall–Kier alpha value is -2.86. The van der Waals surface area contributed by atoms with Crippen LogP contribution in [0.15, 0.2) is 48.5 Å². The number of nitrogens with one attached hydrogen (secondary N) is 3. The van der Waals surface area contributed by atoms with Crippen LogP contribution >= 0.6 is 0 Å². The van der Waals surface area contributed by atoms with E-state index in [-0.39, 0.29) is 6.04 Å². The highest BCUT2D eigenvalue weighted by Gasteiger charge is 2.21. The Kier molecular flexibility index (Phi) is 6.96. The van der Waals surface area contributed by atoms with Crippen molar-refractivity contribution in [3.63, 3.8) is 0 Å². The predicted molar refractivity (Wildman–Crippen MR) is 109 cm³/mol. The van der Waals surface area contributed by atoms with Gasteiger partial charge < -0.3 is 20.4 Å². The van der Waals surface area contributed by atoms with Crippen molar-refractivity contribution in [2.45, 2.75) is 13.0 Å². The zero-order chi connectivity index (χ0) is 20.0. The molecule has 0 fully saturated rings. The van der Waals surface area contributed by atoms with Crippen molar-refractivity contribution in [2.24, 2.45) is 0 Å². The minimum absolute atomic E-state index is 0.0522. The fourth-order valence-electron chi connectivity index (χ4n) is 2.83. The number of carbonyl (C=O) groups excluding carboxylic acids is 2. The average Bonchev–Trinajstić information content (AvgIpc) is 2.63. The van der Waals surface area contributed by atoms with Gasteiger partial charge in [-0.05, 0) is 30.7 Å². The van der Waals surface area contributed by atoms with Crippen LogP contribution in [0.3, 0.4) is 0 Å². The molecule has 1 atom stereocenters. The summed E-state index contributed by atoms with van der Waals surface area (Å²) in [6, 6.07) is 15.7. The van der Waals surface area contributed by atoms with E-state index in [1.54, 1.807) is 6.07 Å². The number of hydrogen-bond donors (Lipinski definition) is 3. The lowest BCUT2D eigenvalue weighted by atomic mass is 10.1. The van der Waals surface area contributed by atoms with Crippen molar-refractivity contribution in [3.05, 3.63) is 59.7 Å². The molecule has 2 aromatic carbocycles. The van der Waals surface area contributed by atoms with Gasteiger partial charge in [-0.2, -0.15) is 0 Å². The molecule has 6 heteroatoms. The van der Waals surface area contributed by atoms with E-state index in [1.807, 2.05) is 58.2 Å². The van der Waals surface area contributed by atoms with E-state index in [4.69, 9.17) is 0 Å². The lowest BCUT2D eigenvalue weighted by molar-refractivity contribution is -0.890. The summed E-state index contributed by atoms with van der Waals surface area (Å²) in [5.74, 6) is -1.28. The first kappa shape index (κ1) is 20.5. The van der Waals surface area contributed by atoms with Crippen LogP contribution in [0, 0.1) is 6.92 Å². The normalized spacial score (nSPS) is 11.8. The van der Waals surface area contributed by atoms with Crippen LogP contribution in [0.2, 0.25) is 0 Å². The number of rotatable bonds is 6. The molecule has 0 radical (unpaired) electrons. The molecule has 0 saturated carbocycles. The van der Waals surface area contributed by atoms with Gasteiger partial charge in [-0.15, -0.1) is 0 Å². The molecule has 0 aliphatic rings. The number of nitrogens with zero attached hydrogens (tertiary/aromatic N) is 1. The molecule has 0 bridgehead atoms. The van der Waals surface area contributed by atoms with E-state index in [2.05, 4.69) is 34.9 Å². The summed E-state index contributed by atoms with van der Waals surface area (Å²) in [6.07, 6.45) is 0. The van der Waals surface area contributed by atoms with E-state index >= 15 is 0 Å².